The SMILES string of the molecule is COc1cc(Br)c(CO)cc1OSF. The molecule has 0 aromatic heterocycles. The van der Waals surface area contributed by atoms with Crippen LogP contribution < -0.4 is 8.92 Å². The standard InChI is InChI=1S/C8H8BrFO3S/c1-12-7-3-6(9)5(4-11)2-8(7)13-14-10/h2-3,11H,4H2,1H3. The lowest BCUT2D eigenvalue weighted by molar-refractivity contribution is 0.280. The number of hydrogen-bond acceptors (Lipinski definition) is 4. The Morgan fingerprint density at radius 1 is 1.50 bits per heavy atom. The van der Waals surface area contributed by atoms with Crippen molar-refractivity contribution < 1.29 is 17.9 Å². The molecule has 0 spiro atoms. The second kappa shape index (κ2) is 5.43. The zero-order valence-corrected chi connectivity index (χ0v) is 9.69. The highest BCUT2D eigenvalue weighted by Gasteiger charge is 2.10. The predicted molar refractivity (Wildman–Crippen MR) is 55.9 cm³/mol. The first-order valence-corrected chi connectivity index (χ1v) is 5.09. The number of rotatable bonds is 4. The molecule has 0 radical (unpaired) electrons. The highest BCUT2D eigenvalue weighted by atomic mass is 79.9. The number of halogens is 2. The zero-order chi connectivity index (χ0) is 10.6. The van der Waals surface area contributed by atoms with Crippen LogP contribution >= 0.6 is 28.4 Å². The quantitative estimate of drug-likeness (QED) is 0.862. The van der Waals surface area contributed by atoms with E-state index in [-0.39, 0.29) is 24.8 Å². The maximum atomic E-state index is 11.9. The minimum absolute atomic E-state index is 0.155. The topological polar surface area (TPSA) is 38.7 Å². The van der Waals surface area contributed by atoms with Crippen LogP contribution in [0.2, 0.25) is 0 Å². The maximum Gasteiger partial charge on any atom is 0.272 e. The molecule has 0 saturated heterocycles. The van der Waals surface area contributed by atoms with Gasteiger partial charge in [0.1, 0.15) is 0 Å². The van der Waals surface area contributed by atoms with E-state index in [0.29, 0.717) is 15.8 Å². The molecule has 78 valence electrons. The van der Waals surface area contributed by atoms with Crippen molar-refractivity contribution >= 4 is 28.4 Å². The molecule has 1 aromatic rings. The molecule has 0 fully saturated rings. The van der Waals surface area contributed by atoms with Crippen LogP contribution in [0.15, 0.2) is 16.6 Å². The number of ether oxygens (including phenoxy) is 1. The van der Waals surface area contributed by atoms with Crippen molar-refractivity contribution in [3.05, 3.63) is 22.2 Å². The summed E-state index contributed by atoms with van der Waals surface area (Å²) in [4.78, 5) is 0. The average Bonchev–Trinajstić information content (AvgIpc) is 2.20. The van der Waals surface area contributed by atoms with E-state index < -0.39 is 0 Å². The smallest absolute Gasteiger partial charge is 0.272 e. The Morgan fingerprint density at radius 3 is 2.71 bits per heavy atom. The van der Waals surface area contributed by atoms with Crippen LogP contribution in [0.3, 0.4) is 0 Å². The van der Waals surface area contributed by atoms with Crippen LogP contribution in [0.25, 0.3) is 0 Å². The summed E-state index contributed by atoms with van der Waals surface area (Å²) in [5.74, 6) is 0.645. The van der Waals surface area contributed by atoms with E-state index >= 15 is 0 Å². The monoisotopic (exact) mass is 282 g/mol. The third-order valence-corrected chi connectivity index (χ3v) is 2.61. The summed E-state index contributed by atoms with van der Waals surface area (Å²) >= 11 is 2.97. The molecule has 1 N–H and O–H groups in total. The third kappa shape index (κ3) is 2.52. The molecular weight excluding hydrogens is 275 g/mol. The Balaban J connectivity index is 3.11. The normalized spacial score (nSPS) is 10.0. The van der Waals surface area contributed by atoms with Crippen molar-refractivity contribution in [1.29, 1.82) is 0 Å². The van der Waals surface area contributed by atoms with E-state index in [1.54, 1.807) is 6.07 Å². The van der Waals surface area contributed by atoms with E-state index in [4.69, 9.17) is 9.84 Å². The number of aliphatic hydroxyl groups excluding tert-OH is 1. The lowest BCUT2D eigenvalue weighted by atomic mass is 10.2. The lowest BCUT2D eigenvalue weighted by Gasteiger charge is -2.09. The second-order valence-corrected chi connectivity index (χ2v) is 3.55. The Hall–Kier alpha value is -0.460. The molecule has 0 bridgehead atoms. The van der Waals surface area contributed by atoms with Crippen molar-refractivity contribution in [2.75, 3.05) is 7.11 Å². The lowest BCUT2D eigenvalue weighted by Crippen LogP contribution is -1.92. The molecule has 0 amide bonds. The fourth-order valence-corrected chi connectivity index (χ4v) is 1.60. The van der Waals surface area contributed by atoms with Crippen molar-refractivity contribution in [3.8, 4) is 11.5 Å². The largest absolute Gasteiger partial charge is 0.493 e. The first kappa shape index (κ1) is 11.6. The summed E-state index contributed by atoms with van der Waals surface area (Å²) in [6.07, 6.45) is 0. The molecule has 14 heavy (non-hydrogen) atoms. The highest BCUT2D eigenvalue weighted by Crippen LogP contribution is 2.35. The number of hydrogen-bond donors (Lipinski definition) is 1. The molecular formula is C8H8BrFO3S. The second-order valence-electron chi connectivity index (χ2n) is 2.40. The summed E-state index contributed by atoms with van der Waals surface area (Å²) in [7, 11) is 1.45. The molecule has 3 nitrogen and oxygen atoms in total. The van der Waals surface area contributed by atoms with Crippen molar-refractivity contribution in [3.63, 3.8) is 0 Å². The summed E-state index contributed by atoms with van der Waals surface area (Å²) in [6, 6.07) is 3.12. The van der Waals surface area contributed by atoms with Crippen molar-refractivity contribution in [1.82, 2.24) is 0 Å². The van der Waals surface area contributed by atoms with E-state index in [1.807, 2.05) is 0 Å². The number of aliphatic hydroxyl groups is 1. The van der Waals surface area contributed by atoms with Crippen LogP contribution in [-0.2, 0) is 6.61 Å². The molecule has 6 heteroatoms. The van der Waals surface area contributed by atoms with Gasteiger partial charge >= 0.3 is 0 Å². The molecule has 0 unspecified atom stereocenters. The molecule has 0 aliphatic rings. The summed E-state index contributed by atoms with van der Waals surface area (Å²) < 4.78 is 22.2. The first-order valence-electron chi connectivity index (χ1n) is 3.65. The van der Waals surface area contributed by atoms with Crippen LogP contribution in [0.4, 0.5) is 3.89 Å². The van der Waals surface area contributed by atoms with Gasteiger partial charge in [-0.1, -0.05) is 15.9 Å². The van der Waals surface area contributed by atoms with Crippen LogP contribution in [-0.4, -0.2) is 12.2 Å². The van der Waals surface area contributed by atoms with E-state index in [0.717, 1.165) is 0 Å². The van der Waals surface area contributed by atoms with Crippen molar-refractivity contribution in [2.45, 2.75) is 6.61 Å². The highest BCUT2D eigenvalue weighted by molar-refractivity contribution is 9.10. The van der Waals surface area contributed by atoms with E-state index in [9.17, 15) is 3.89 Å². The summed E-state index contributed by atoms with van der Waals surface area (Å²) in [5.41, 5.74) is 0.606. The van der Waals surface area contributed by atoms with Crippen LogP contribution in [0.5, 0.6) is 11.5 Å². The number of benzene rings is 1. The Kier molecular flexibility index (Phi) is 4.50. The molecule has 1 aromatic carbocycles. The predicted octanol–water partition coefficient (Wildman–Crippen LogP) is 2.86. The molecule has 0 saturated carbocycles. The fraction of sp³-hybridized carbons (Fsp3) is 0.250. The fourth-order valence-electron chi connectivity index (χ4n) is 0.957. The molecule has 0 aliphatic heterocycles. The minimum atomic E-state index is -0.268. The van der Waals surface area contributed by atoms with Crippen molar-refractivity contribution in [2.24, 2.45) is 0 Å². The first-order chi connectivity index (χ1) is 6.72. The summed E-state index contributed by atoms with van der Waals surface area (Å²) in [5, 5.41) is 8.95. The minimum Gasteiger partial charge on any atom is -0.493 e. The molecule has 0 aliphatic carbocycles. The van der Waals surface area contributed by atoms with Gasteiger partial charge in [-0.2, -0.15) is 0 Å². The Bertz CT molecular complexity index is 322. The van der Waals surface area contributed by atoms with Gasteiger partial charge in [0.25, 0.3) is 12.4 Å². The third-order valence-electron chi connectivity index (χ3n) is 1.62. The van der Waals surface area contributed by atoms with E-state index in [2.05, 4.69) is 20.1 Å². The van der Waals surface area contributed by atoms with Gasteiger partial charge < -0.3 is 14.0 Å². The van der Waals surface area contributed by atoms with Gasteiger partial charge in [-0.3, -0.25) is 0 Å². The van der Waals surface area contributed by atoms with Gasteiger partial charge in [-0.25, -0.2) is 0 Å². The van der Waals surface area contributed by atoms with Gasteiger partial charge in [0, 0.05) is 4.47 Å². The molecule has 0 atom stereocenters. The van der Waals surface area contributed by atoms with Gasteiger partial charge in [0.2, 0.25) is 0 Å². The zero-order valence-electron chi connectivity index (χ0n) is 7.29. The number of methoxy groups -OCH3 is 1. The van der Waals surface area contributed by atoms with Gasteiger partial charge in [0.15, 0.2) is 11.5 Å². The van der Waals surface area contributed by atoms with Gasteiger partial charge in [-0.15, -0.1) is 3.89 Å². The van der Waals surface area contributed by atoms with Gasteiger partial charge in [0.05, 0.1) is 13.7 Å². The molecule has 1 rings (SSSR count). The van der Waals surface area contributed by atoms with Gasteiger partial charge in [-0.05, 0) is 17.7 Å². The Morgan fingerprint density at radius 2 is 2.21 bits per heavy atom. The van der Waals surface area contributed by atoms with Crippen LogP contribution in [0, 0.1) is 0 Å². The summed E-state index contributed by atoms with van der Waals surface area (Å²) in [6.45, 7) is -0.155. The van der Waals surface area contributed by atoms with Crippen LogP contribution in [0.1, 0.15) is 5.56 Å². The average molecular weight is 283 g/mol. The van der Waals surface area contributed by atoms with E-state index in [1.165, 1.54) is 13.2 Å². The maximum absolute atomic E-state index is 11.9. The molecule has 0 heterocycles. The Labute approximate surface area is 93.8 Å².